The van der Waals surface area contributed by atoms with E-state index in [1.165, 1.54) is 0 Å². The highest BCUT2D eigenvalue weighted by Gasteiger charge is 2.30. The molecule has 1 aliphatic carbocycles. The van der Waals surface area contributed by atoms with Gasteiger partial charge in [0, 0.05) is 30.7 Å². The number of rotatable bonds is 4. The van der Waals surface area contributed by atoms with Crippen molar-refractivity contribution in [2.45, 2.75) is 37.6 Å². The molecule has 0 radical (unpaired) electrons. The Balaban J connectivity index is 1.65. The number of likely N-dealkylation sites (tertiary alicyclic amines) is 1. The number of nitrogens with one attached hydrogen (secondary N) is 2. The second-order valence-corrected chi connectivity index (χ2v) is 7.74. The molecule has 8 heteroatoms. The minimum absolute atomic E-state index is 0.127. The standard InChI is InChI=1S/C13H20N4O3S/c1-21(19,20)16-10-3-2-6-17(8-10)13(18)12-7-11(14-15-12)9-4-5-9/h7,9-10,16H,2-6,8H2,1H3,(H,14,15)/t10-/m0/s1. The molecule has 1 aromatic rings. The summed E-state index contributed by atoms with van der Waals surface area (Å²) < 4.78 is 25.2. The van der Waals surface area contributed by atoms with Gasteiger partial charge in [0.25, 0.3) is 5.91 Å². The number of aromatic nitrogens is 2. The van der Waals surface area contributed by atoms with Crippen molar-refractivity contribution < 1.29 is 13.2 Å². The number of hydrogen-bond donors (Lipinski definition) is 2. The largest absolute Gasteiger partial charge is 0.336 e. The summed E-state index contributed by atoms with van der Waals surface area (Å²) in [4.78, 5) is 14.1. The van der Waals surface area contributed by atoms with Gasteiger partial charge in [-0.1, -0.05) is 0 Å². The molecule has 2 N–H and O–H groups in total. The zero-order chi connectivity index (χ0) is 15.0. The maximum Gasteiger partial charge on any atom is 0.274 e. The van der Waals surface area contributed by atoms with Crippen molar-refractivity contribution in [1.29, 1.82) is 0 Å². The van der Waals surface area contributed by atoms with E-state index in [0.29, 0.717) is 24.7 Å². The van der Waals surface area contributed by atoms with E-state index >= 15 is 0 Å². The van der Waals surface area contributed by atoms with Crippen molar-refractivity contribution in [3.05, 3.63) is 17.5 Å². The Morgan fingerprint density at radius 1 is 1.43 bits per heavy atom. The third kappa shape index (κ3) is 3.62. The topological polar surface area (TPSA) is 95.2 Å². The smallest absolute Gasteiger partial charge is 0.274 e. The molecule has 21 heavy (non-hydrogen) atoms. The molecule has 3 rings (SSSR count). The summed E-state index contributed by atoms with van der Waals surface area (Å²) in [6.07, 6.45) is 4.99. The molecule has 1 amide bonds. The minimum atomic E-state index is -3.25. The van der Waals surface area contributed by atoms with Crippen LogP contribution in [-0.2, 0) is 10.0 Å². The zero-order valence-electron chi connectivity index (χ0n) is 12.0. The third-order valence-corrected chi connectivity index (χ3v) is 4.68. The van der Waals surface area contributed by atoms with Crippen LogP contribution in [0.25, 0.3) is 0 Å². The summed E-state index contributed by atoms with van der Waals surface area (Å²) in [5.74, 6) is 0.401. The number of amides is 1. The molecule has 0 spiro atoms. The maximum atomic E-state index is 12.4. The summed E-state index contributed by atoms with van der Waals surface area (Å²) in [6, 6.07) is 1.62. The Hall–Kier alpha value is -1.41. The number of hydrogen-bond acceptors (Lipinski definition) is 4. The molecule has 2 heterocycles. The Bertz CT molecular complexity index is 636. The minimum Gasteiger partial charge on any atom is -0.336 e. The lowest BCUT2D eigenvalue weighted by molar-refractivity contribution is 0.0697. The molecular formula is C13H20N4O3S. The van der Waals surface area contributed by atoms with Gasteiger partial charge >= 0.3 is 0 Å². The van der Waals surface area contributed by atoms with Gasteiger partial charge in [-0.2, -0.15) is 5.10 Å². The van der Waals surface area contributed by atoms with Crippen LogP contribution in [-0.4, -0.2) is 54.8 Å². The number of H-pyrrole nitrogens is 1. The van der Waals surface area contributed by atoms with Crippen LogP contribution in [0.1, 0.15) is 47.8 Å². The van der Waals surface area contributed by atoms with Crippen molar-refractivity contribution in [2.24, 2.45) is 0 Å². The van der Waals surface area contributed by atoms with Crippen molar-refractivity contribution in [1.82, 2.24) is 19.8 Å². The van der Waals surface area contributed by atoms with E-state index in [2.05, 4.69) is 14.9 Å². The highest BCUT2D eigenvalue weighted by Crippen LogP contribution is 2.39. The first-order valence-electron chi connectivity index (χ1n) is 7.24. The van der Waals surface area contributed by atoms with E-state index in [4.69, 9.17) is 0 Å². The van der Waals surface area contributed by atoms with Crippen LogP contribution in [0.5, 0.6) is 0 Å². The summed E-state index contributed by atoms with van der Waals surface area (Å²) in [6.45, 7) is 1.05. The predicted molar refractivity (Wildman–Crippen MR) is 77.5 cm³/mol. The maximum absolute atomic E-state index is 12.4. The first kappa shape index (κ1) is 14.5. The predicted octanol–water partition coefficient (Wildman–Crippen LogP) is 0.441. The van der Waals surface area contributed by atoms with Crippen molar-refractivity contribution in [3.63, 3.8) is 0 Å². The number of nitrogens with zero attached hydrogens (tertiary/aromatic N) is 2. The van der Waals surface area contributed by atoms with Gasteiger partial charge in [-0.05, 0) is 31.7 Å². The number of piperidine rings is 1. The van der Waals surface area contributed by atoms with E-state index < -0.39 is 10.0 Å². The highest BCUT2D eigenvalue weighted by atomic mass is 32.2. The monoisotopic (exact) mass is 312 g/mol. The van der Waals surface area contributed by atoms with Crippen LogP contribution in [0.4, 0.5) is 0 Å². The van der Waals surface area contributed by atoms with E-state index in [0.717, 1.165) is 37.6 Å². The van der Waals surface area contributed by atoms with Gasteiger partial charge in [0.1, 0.15) is 5.69 Å². The van der Waals surface area contributed by atoms with Crippen molar-refractivity contribution in [2.75, 3.05) is 19.3 Å². The molecule has 1 saturated heterocycles. The molecule has 0 unspecified atom stereocenters. The van der Waals surface area contributed by atoms with Crippen LogP contribution in [0.2, 0.25) is 0 Å². The Labute approximate surface area is 124 Å². The second kappa shape index (κ2) is 5.42. The van der Waals surface area contributed by atoms with Crippen LogP contribution >= 0.6 is 0 Å². The fraction of sp³-hybridized carbons (Fsp3) is 0.692. The first-order chi connectivity index (χ1) is 9.92. The molecule has 7 nitrogen and oxygen atoms in total. The average Bonchev–Trinajstić information content (AvgIpc) is 3.14. The fourth-order valence-corrected chi connectivity index (χ4v) is 3.57. The lowest BCUT2D eigenvalue weighted by Crippen LogP contribution is -2.49. The summed E-state index contributed by atoms with van der Waals surface area (Å²) in [5.41, 5.74) is 1.46. The molecular weight excluding hydrogens is 292 g/mol. The van der Waals surface area contributed by atoms with Gasteiger partial charge in [0.15, 0.2) is 0 Å². The molecule has 1 aromatic heterocycles. The van der Waals surface area contributed by atoms with Gasteiger partial charge in [-0.15, -0.1) is 0 Å². The summed E-state index contributed by atoms with van der Waals surface area (Å²) in [7, 11) is -3.25. The van der Waals surface area contributed by atoms with Gasteiger partial charge in [0.05, 0.1) is 6.26 Å². The third-order valence-electron chi connectivity index (χ3n) is 3.92. The molecule has 1 aliphatic heterocycles. The number of carbonyl (C=O) groups is 1. The molecule has 2 aliphatic rings. The van der Waals surface area contributed by atoms with Gasteiger partial charge in [-0.25, -0.2) is 13.1 Å². The average molecular weight is 312 g/mol. The quantitative estimate of drug-likeness (QED) is 0.843. The second-order valence-electron chi connectivity index (χ2n) is 5.96. The molecule has 1 atom stereocenters. The number of sulfonamides is 1. The summed E-state index contributed by atoms with van der Waals surface area (Å²) >= 11 is 0. The fourth-order valence-electron chi connectivity index (χ4n) is 2.77. The van der Waals surface area contributed by atoms with Crippen LogP contribution in [0, 0.1) is 0 Å². The van der Waals surface area contributed by atoms with Crippen LogP contribution in [0.3, 0.4) is 0 Å². The summed E-state index contributed by atoms with van der Waals surface area (Å²) in [5, 5.41) is 7.03. The molecule has 0 bridgehead atoms. The Morgan fingerprint density at radius 3 is 2.86 bits per heavy atom. The van der Waals surface area contributed by atoms with E-state index in [1.54, 1.807) is 4.90 Å². The highest BCUT2D eigenvalue weighted by molar-refractivity contribution is 7.88. The van der Waals surface area contributed by atoms with Crippen molar-refractivity contribution in [3.8, 4) is 0 Å². The number of aromatic amines is 1. The first-order valence-corrected chi connectivity index (χ1v) is 9.13. The molecule has 116 valence electrons. The SMILES string of the molecule is CS(=O)(=O)N[C@H]1CCCN(C(=O)c2cc(C3CC3)[nH]n2)C1. The molecule has 0 aromatic carbocycles. The lowest BCUT2D eigenvalue weighted by Gasteiger charge is -2.32. The molecule has 2 fully saturated rings. The van der Waals surface area contributed by atoms with Gasteiger partial charge in [-0.3, -0.25) is 9.89 Å². The van der Waals surface area contributed by atoms with Crippen LogP contribution < -0.4 is 4.72 Å². The van der Waals surface area contributed by atoms with Crippen molar-refractivity contribution >= 4 is 15.9 Å². The normalized spacial score (nSPS) is 23.3. The lowest BCUT2D eigenvalue weighted by atomic mass is 10.1. The Kier molecular flexibility index (Phi) is 3.75. The van der Waals surface area contributed by atoms with E-state index in [9.17, 15) is 13.2 Å². The van der Waals surface area contributed by atoms with Crippen LogP contribution in [0.15, 0.2) is 6.07 Å². The van der Waals surface area contributed by atoms with Gasteiger partial charge in [0.2, 0.25) is 10.0 Å². The Morgan fingerprint density at radius 2 is 2.19 bits per heavy atom. The molecule has 1 saturated carbocycles. The van der Waals surface area contributed by atoms with Gasteiger partial charge < -0.3 is 4.90 Å². The van der Waals surface area contributed by atoms with E-state index in [1.807, 2.05) is 6.07 Å². The zero-order valence-corrected chi connectivity index (χ0v) is 12.8. The number of carbonyl (C=O) groups excluding carboxylic acids is 1. The van der Waals surface area contributed by atoms with E-state index in [-0.39, 0.29) is 11.9 Å².